The summed E-state index contributed by atoms with van der Waals surface area (Å²) in [6.07, 6.45) is 2.46. The number of methoxy groups -OCH3 is 1. The highest BCUT2D eigenvalue weighted by molar-refractivity contribution is 6.38. The van der Waals surface area contributed by atoms with Gasteiger partial charge in [0.05, 0.1) is 23.1 Å². The fraction of sp³-hybridized carbons (Fsp3) is 0.619. The van der Waals surface area contributed by atoms with E-state index in [1.165, 1.54) is 7.11 Å². The monoisotopic (exact) mass is 411 g/mol. The third kappa shape index (κ3) is 2.96. The third-order valence-electron chi connectivity index (χ3n) is 6.72. The average Bonchev–Trinajstić information content (AvgIpc) is 2.69. The number of hydrogen-bond donors (Lipinski definition) is 1. The van der Waals surface area contributed by atoms with Crippen LogP contribution in [0.15, 0.2) is 6.07 Å². The normalized spacial score (nSPS) is 30.2. The number of rotatable bonds is 2. The van der Waals surface area contributed by atoms with Gasteiger partial charge in [-0.1, -0.05) is 50.4 Å². The van der Waals surface area contributed by atoms with Gasteiger partial charge in [0.2, 0.25) is 0 Å². The molecular weight excluding hydrogens is 385 g/mol. The number of hydrogen-bond acceptors (Lipinski definition) is 3. The second kappa shape index (κ2) is 6.97. The van der Waals surface area contributed by atoms with E-state index in [9.17, 15) is 9.59 Å². The molecule has 6 heteroatoms. The lowest BCUT2D eigenvalue weighted by atomic mass is 9.53. The van der Waals surface area contributed by atoms with Crippen molar-refractivity contribution in [1.82, 2.24) is 5.32 Å². The minimum atomic E-state index is -0.674. The van der Waals surface area contributed by atoms with Crippen molar-refractivity contribution in [2.75, 3.05) is 13.7 Å². The van der Waals surface area contributed by atoms with Crippen molar-refractivity contribution in [2.45, 2.75) is 58.3 Å². The summed E-state index contributed by atoms with van der Waals surface area (Å²) < 4.78 is 5.14. The summed E-state index contributed by atoms with van der Waals surface area (Å²) in [4.78, 5) is 25.7. The fourth-order valence-electron chi connectivity index (χ4n) is 5.24. The molecule has 1 heterocycles. The topological polar surface area (TPSA) is 55.4 Å². The minimum absolute atomic E-state index is 0.0987. The molecule has 0 unspecified atom stereocenters. The number of carbonyl (C=O) groups is 2. The van der Waals surface area contributed by atoms with E-state index in [2.05, 4.69) is 12.2 Å². The third-order valence-corrected chi connectivity index (χ3v) is 7.43. The zero-order valence-electron chi connectivity index (χ0n) is 16.5. The van der Waals surface area contributed by atoms with Gasteiger partial charge in [-0.15, -0.1) is 0 Å². The Kier molecular flexibility index (Phi) is 5.28. The van der Waals surface area contributed by atoms with E-state index in [1.54, 1.807) is 0 Å². The molecule has 0 bridgehead atoms. The van der Waals surface area contributed by atoms with Crippen LogP contribution in [0.5, 0.6) is 0 Å². The Morgan fingerprint density at radius 2 is 1.96 bits per heavy atom. The first kappa shape index (κ1) is 20.5. The molecule has 1 aliphatic heterocycles. The number of esters is 1. The van der Waals surface area contributed by atoms with Gasteiger partial charge in [0.15, 0.2) is 0 Å². The van der Waals surface area contributed by atoms with Crippen molar-refractivity contribution >= 4 is 35.1 Å². The number of halogens is 2. The fourth-order valence-corrected chi connectivity index (χ4v) is 6.22. The van der Waals surface area contributed by atoms with Gasteiger partial charge >= 0.3 is 5.97 Å². The Morgan fingerprint density at radius 3 is 2.56 bits per heavy atom. The van der Waals surface area contributed by atoms with Crippen LogP contribution < -0.4 is 5.32 Å². The lowest BCUT2D eigenvalue weighted by molar-refractivity contribution is -0.160. The van der Waals surface area contributed by atoms with E-state index in [0.717, 1.165) is 30.4 Å². The predicted molar refractivity (Wildman–Crippen MR) is 108 cm³/mol. The summed E-state index contributed by atoms with van der Waals surface area (Å²) in [7, 11) is 1.42. The van der Waals surface area contributed by atoms with Crippen LogP contribution in [0.1, 0.15) is 74.4 Å². The highest BCUT2D eigenvalue weighted by Crippen LogP contribution is 2.55. The molecule has 0 spiro atoms. The van der Waals surface area contributed by atoms with E-state index in [4.69, 9.17) is 27.9 Å². The molecule has 1 N–H and O–H groups in total. The Bertz CT molecular complexity index is 807. The maximum Gasteiger partial charge on any atom is 0.311 e. The summed E-state index contributed by atoms with van der Waals surface area (Å²) in [5.41, 5.74) is 1.06. The molecule has 148 valence electrons. The molecule has 1 aromatic carbocycles. The number of ether oxygens (including phenoxy) is 1. The maximum atomic E-state index is 13.0. The van der Waals surface area contributed by atoms with Crippen molar-refractivity contribution in [3.8, 4) is 0 Å². The quantitative estimate of drug-likeness (QED) is 0.688. The number of amides is 1. The molecule has 0 aromatic heterocycles. The first-order valence-corrected chi connectivity index (χ1v) is 10.2. The smallest absolute Gasteiger partial charge is 0.311 e. The van der Waals surface area contributed by atoms with E-state index >= 15 is 0 Å². The van der Waals surface area contributed by atoms with Crippen molar-refractivity contribution in [3.63, 3.8) is 0 Å². The summed E-state index contributed by atoms with van der Waals surface area (Å²) in [6, 6.07) is 1.90. The van der Waals surface area contributed by atoms with Crippen LogP contribution in [0, 0.1) is 11.3 Å². The molecule has 1 aromatic rings. The van der Waals surface area contributed by atoms with Crippen LogP contribution in [0.3, 0.4) is 0 Å². The maximum absolute atomic E-state index is 13.0. The molecule has 4 nitrogen and oxygen atoms in total. The lowest BCUT2D eigenvalue weighted by Gasteiger charge is -2.50. The molecule has 1 fully saturated rings. The van der Waals surface area contributed by atoms with Gasteiger partial charge in [-0.3, -0.25) is 9.59 Å². The largest absolute Gasteiger partial charge is 0.469 e. The summed E-state index contributed by atoms with van der Waals surface area (Å²) in [5, 5.41) is 4.02. The van der Waals surface area contributed by atoms with E-state index in [1.807, 2.05) is 26.8 Å². The molecule has 0 radical (unpaired) electrons. The van der Waals surface area contributed by atoms with E-state index < -0.39 is 10.8 Å². The zero-order valence-corrected chi connectivity index (χ0v) is 18.1. The Morgan fingerprint density at radius 1 is 1.30 bits per heavy atom. The van der Waals surface area contributed by atoms with Crippen molar-refractivity contribution < 1.29 is 14.3 Å². The van der Waals surface area contributed by atoms with E-state index in [0.29, 0.717) is 22.2 Å². The molecule has 1 aliphatic carbocycles. The zero-order chi connectivity index (χ0) is 20.1. The Balaban J connectivity index is 2.28. The molecule has 0 saturated heterocycles. The first-order valence-electron chi connectivity index (χ1n) is 9.47. The molecule has 2 aliphatic rings. The predicted octanol–water partition coefficient (Wildman–Crippen LogP) is 5.10. The first-order chi connectivity index (χ1) is 12.6. The molecular formula is C21H27Cl2NO3. The molecule has 3 rings (SSSR count). The highest BCUT2D eigenvalue weighted by atomic mass is 35.5. The van der Waals surface area contributed by atoms with Gasteiger partial charge in [0.25, 0.3) is 5.91 Å². The number of carbonyl (C=O) groups excluding carboxylic acids is 2. The number of benzene rings is 1. The van der Waals surface area contributed by atoms with Crippen LogP contribution >= 0.6 is 23.2 Å². The molecule has 3 atom stereocenters. The van der Waals surface area contributed by atoms with Gasteiger partial charge in [0, 0.05) is 17.5 Å². The second-order valence-corrected chi connectivity index (χ2v) is 9.39. The van der Waals surface area contributed by atoms with Crippen LogP contribution in [0.2, 0.25) is 10.0 Å². The van der Waals surface area contributed by atoms with Crippen molar-refractivity contribution in [3.05, 3.63) is 32.8 Å². The summed E-state index contributed by atoms with van der Waals surface area (Å²) in [6.45, 7) is 8.49. The average molecular weight is 412 g/mol. The summed E-state index contributed by atoms with van der Waals surface area (Å²) in [5.74, 6) is -0.432. The number of fused-ring (bicyclic) bond motifs is 3. The highest BCUT2D eigenvalue weighted by Gasteiger charge is 2.56. The van der Waals surface area contributed by atoms with E-state index in [-0.39, 0.29) is 23.7 Å². The Labute approximate surface area is 170 Å². The molecule has 27 heavy (non-hydrogen) atoms. The van der Waals surface area contributed by atoms with Crippen LogP contribution in [-0.4, -0.2) is 25.5 Å². The van der Waals surface area contributed by atoms with Gasteiger partial charge < -0.3 is 10.1 Å². The van der Waals surface area contributed by atoms with Crippen molar-refractivity contribution in [2.24, 2.45) is 11.3 Å². The van der Waals surface area contributed by atoms with Gasteiger partial charge in [-0.25, -0.2) is 0 Å². The van der Waals surface area contributed by atoms with Crippen LogP contribution in [0.4, 0.5) is 0 Å². The minimum Gasteiger partial charge on any atom is -0.469 e. The standard InChI is InChI=1S/C21H27Cl2NO3/c1-11(2)15-13(22)9-12-16(17(15)23)18(25)24-10-14-20(12,3)7-6-8-21(14,4)19(26)27-5/h9,11,14H,6-8,10H2,1-5H3,(H,24,25)/t14-,20-,21-/m1/s1. The van der Waals surface area contributed by atoms with Crippen LogP contribution in [-0.2, 0) is 14.9 Å². The molecule has 1 amide bonds. The van der Waals surface area contributed by atoms with Gasteiger partial charge in [-0.05, 0) is 48.3 Å². The van der Waals surface area contributed by atoms with Crippen LogP contribution in [0.25, 0.3) is 0 Å². The van der Waals surface area contributed by atoms with Crippen molar-refractivity contribution in [1.29, 1.82) is 0 Å². The van der Waals surface area contributed by atoms with Gasteiger partial charge in [-0.2, -0.15) is 0 Å². The SMILES string of the molecule is COC(=O)[C@]1(C)CCC[C@]2(C)c3cc(Cl)c(C(C)C)c(Cl)c3C(=O)NC[C@@H]12. The lowest BCUT2D eigenvalue weighted by Crippen LogP contribution is -2.53. The summed E-state index contributed by atoms with van der Waals surface area (Å²) >= 11 is 13.3. The number of nitrogens with one attached hydrogen (secondary N) is 1. The Hall–Kier alpha value is -1.26. The molecule has 1 saturated carbocycles. The van der Waals surface area contributed by atoms with Gasteiger partial charge in [0.1, 0.15) is 0 Å². The second-order valence-electron chi connectivity index (χ2n) is 8.61.